The molecule has 1 aromatic rings. The molecule has 0 spiro atoms. The van der Waals surface area contributed by atoms with Gasteiger partial charge in [-0.05, 0) is 12.1 Å². The van der Waals surface area contributed by atoms with E-state index in [0.717, 1.165) is 0 Å². The maximum absolute atomic E-state index is 10.8. The van der Waals surface area contributed by atoms with Crippen LogP contribution in [0.4, 0.5) is 0 Å². The second-order valence-corrected chi connectivity index (χ2v) is 3.65. The van der Waals surface area contributed by atoms with Gasteiger partial charge in [0.25, 0.3) is 0 Å². The Labute approximate surface area is 99.2 Å². The molecule has 0 aliphatic heterocycles. The Kier molecular flexibility index (Phi) is 5.08. The van der Waals surface area contributed by atoms with Crippen molar-refractivity contribution in [2.75, 3.05) is 13.7 Å². The molecule has 0 atom stereocenters. The van der Waals surface area contributed by atoms with E-state index < -0.39 is 0 Å². The summed E-state index contributed by atoms with van der Waals surface area (Å²) < 4.78 is 4.50. The third-order valence-corrected chi connectivity index (χ3v) is 2.48. The number of esters is 1. The van der Waals surface area contributed by atoms with E-state index in [0.29, 0.717) is 30.1 Å². The summed E-state index contributed by atoms with van der Waals surface area (Å²) >= 11 is 5.91. The Morgan fingerprint density at radius 3 is 2.94 bits per heavy atom. The molecular formula is C11H14ClNO3. The molecule has 0 amide bonds. The van der Waals surface area contributed by atoms with E-state index in [1.54, 1.807) is 18.2 Å². The zero-order valence-corrected chi connectivity index (χ0v) is 9.75. The molecule has 0 aromatic heterocycles. The van der Waals surface area contributed by atoms with Gasteiger partial charge in [0, 0.05) is 23.7 Å². The lowest BCUT2D eigenvalue weighted by atomic mass is 10.2. The average Bonchev–Trinajstić information content (AvgIpc) is 2.27. The van der Waals surface area contributed by atoms with Crippen molar-refractivity contribution in [2.24, 2.45) is 0 Å². The molecule has 0 heterocycles. The van der Waals surface area contributed by atoms with Crippen molar-refractivity contribution in [1.82, 2.24) is 5.32 Å². The third-order valence-electron chi connectivity index (χ3n) is 2.13. The lowest BCUT2D eigenvalue weighted by Crippen LogP contribution is -2.18. The largest absolute Gasteiger partial charge is 0.508 e. The average molecular weight is 244 g/mol. The van der Waals surface area contributed by atoms with Gasteiger partial charge < -0.3 is 15.2 Å². The summed E-state index contributed by atoms with van der Waals surface area (Å²) in [5.74, 6) is -0.117. The van der Waals surface area contributed by atoms with Crippen LogP contribution < -0.4 is 5.32 Å². The summed E-state index contributed by atoms with van der Waals surface area (Å²) in [5, 5.41) is 13.0. The van der Waals surface area contributed by atoms with E-state index in [2.05, 4.69) is 10.1 Å². The van der Waals surface area contributed by atoms with E-state index >= 15 is 0 Å². The van der Waals surface area contributed by atoms with Crippen LogP contribution in [0.5, 0.6) is 5.75 Å². The van der Waals surface area contributed by atoms with Crippen LogP contribution in [-0.2, 0) is 16.1 Å². The van der Waals surface area contributed by atoms with Crippen molar-refractivity contribution in [3.8, 4) is 5.75 Å². The Hall–Kier alpha value is -1.26. The highest BCUT2D eigenvalue weighted by molar-refractivity contribution is 6.31. The predicted molar refractivity (Wildman–Crippen MR) is 61.5 cm³/mol. The number of hydrogen-bond donors (Lipinski definition) is 2. The van der Waals surface area contributed by atoms with Gasteiger partial charge in [0.05, 0.1) is 13.5 Å². The number of nitrogens with one attached hydrogen (secondary N) is 1. The zero-order chi connectivity index (χ0) is 12.0. The first-order valence-corrected chi connectivity index (χ1v) is 5.27. The highest BCUT2D eigenvalue weighted by atomic mass is 35.5. The Balaban J connectivity index is 2.40. The van der Waals surface area contributed by atoms with Crippen molar-refractivity contribution < 1.29 is 14.6 Å². The molecule has 88 valence electrons. The summed E-state index contributed by atoms with van der Waals surface area (Å²) in [6.45, 7) is 0.903. The van der Waals surface area contributed by atoms with E-state index in [1.807, 2.05) is 0 Å². The van der Waals surface area contributed by atoms with Gasteiger partial charge in [-0.25, -0.2) is 0 Å². The van der Waals surface area contributed by atoms with Gasteiger partial charge in [-0.15, -0.1) is 0 Å². The summed E-state index contributed by atoms with van der Waals surface area (Å²) in [6, 6.07) is 4.96. The molecule has 0 unspecified atom stereocenters. The van der Waals surface area contributed by atoms with Gasteiger partial charge in [0.15, 0.2) is 0 Å². The Bertz CT molecular complexity index is 348. The molecule has 0 saturated carbocycles. The smallest absolute Gasteiger partial charge is 0.306 e. The van der Waals surface area contributed by atoms with Crippen molar-refractivity contribution in [1.29, 1.82) is 0 Å². The molecule has 0 aliphatic rings. The first-order chi connectivity index (χ1) is 7.65. The Morgan fingerprint density at radius 2 is 2.31 bits per heavy atom. The fraction of sp³-hybridized carbons (Fsp3) is 0.364. The second kappa shape index (κ2) is 6.35. The highest BCUT2D eigenvalue weighted by Gasteiger charge is 2.05. The van der Waals surface area contributed by atoms with Gasteiger partial charge in [0.2, 0.25) is 0 Å². The van der Waals surface area contributed by atoms with Crippen LogP contribution in [0.2, 0.25) is 5.02 Å². The van der Waals surface area contributed by atoms with E-state index in [1.165, 1.54) is 7.11 Å². The second-order valence-electron chi connectivity index (χ2n) is 3.24. The number of rotatable bonds is 5. The van der Waals surface area contributed by atoms with Gasteiger partial charge in [0.1, 0.15) is 5.75 Å². The number of carbonyl (C=O) groups is 1. The number of methoxy groups -OCH3 is 1. The van der Waals surface area contributed by atoms with Crippen LogP contribution in [0, 0.1) is 0 Å². The number of phenols is 1. The van der Waals surface area contributed by atoms with Crippen LogP contribution >= 0.6 is 11.6 Å². The summed E-state index contributed by atoms with van der Waals surface area (Å²) in [7, 11) is 1.35. The number of benzene rings is 1. The SMILES string of the molecule is COC(=O)CCNCc1c(O)cccc1Cl. The number of halogens is 1. The monoisotopic (exact) mass is 243 g/mol. The molecule has 0 aliphatic carbocycles. The van der Waals surface area contributed by atoms with E-state index in [-0.39, 0.29) is 11.7 Å². The molecule has 0 fully saturated rings. The molecular weight excluding hydrogens is 230 g/mol. The topological polar surface area (TPSA) is 58.6 Å². The highest BCUT2D eigenvalue weighted by Crippen LogP contribution is 2.24. The third kappa shape index (κ3) is 3.72. The predicted octanol–water partition coefficient (Wildman–Crippen LogP) is 1.70. The molecule has 1 aromatic carbocycles. The zero-order valence-electron chi connectivity index (χ0n) is 9.00. The summed E-state index contributed by atoms with van der Waals surface area (Å²) in [5.41, 5.74) is 0.633. The summed E-state index contributed by atoms with van der Waals surface area (Å²) in [6.07, 6.45) is 0.293. The molecule has 16 heavy (non-hydrogen) atoms. The molecule has 0 radical (unpaired) electrons. The van der Waals surface area contributed by atoms with Crippen molar-refractivity contribution >= 4 is 17.6 Å². The van der Waals surface area contributed by atoms with E-state index in [9.17, 15) is 9.90 Å². The molecule has 2 N–H and O–H groups in total. The standard InChI is InChI=1S/C11H14ClNO3/c1-16-11(15)5-6-13-7-8-9(12)3-2-4-10(8)14/h2-4,13-14H,5-7H2,1H3. The maximum Gasteiger partial charge on any atom is 0.306 e. The molecule has 1 rings (SSSR count). The Morgan fingerprint density at radius 1 is 1.56 bits per heavy atom. The van der Waals surface area contributed by atoms with Crippen molar-refractivity contribution in [3.63, 3.8) is 0 Å². The normalized spacial score (nSPS) is 10.1. The fourth-order valence-corrected chi connectivity index (χ4v) is 1.46. The lowest BCUT2D eigenvalue weighted by Gasteiger charge is -2.07. The maximum atomic E-state index is 10.8. The minimum absolute atomic E-state index is 0.151. The van der Waals surface area contributed by atoms with Gasteiger partial charge in [-0.3, -0.25) is 4.79 Å². The number of ether oxygens (including phenoxy) is 1. The number of phenolic OH excluding ortho intramolecular Hbond substituents is 1. The van der Waals surface area contributed by atoms with Crippen LogP contribution in [-0.4, -0.2) is 24.7 Å². The van der Waals surface area contributed by atoms with Gasteiger partial charge in [-0.2, -0.15) is 0 Å². The minimum Gasteiger partial charge on any atom is -0.508 e. The van der Waals surface area contributed by atoms with Gasteiger partial charge in [-0.1, -0.05) is 17.7 Å². The first-order valence-electron chi connectivity index (χ1n) is 4.89. The van der Waals surface area contributed by atoms with Gasteiger partial charge >= 0.3 is 5.97 Å². The molecule has 0 saturated heterocycles. The quantitative estimate of drug-likeness (QED) is 0.611. The minimum atomic E-state index is -0.268. The first kappa shape index (κ1) is 12.8. The van der Waals surface area contributed by atoms with Crippen LogP contribution in [0.25, 0.3) is 0 Å². The van der Waals surface area contributed by atoms with Crippen LogP contribution in [0.3, 0.4) is 0 Å². The van der Waals surface area contributed by atoms with Crippen molar-refractivity contribution in [3.05, 3.63) is 28.8 Å². The number of carbonyl (C=O) groups excluding carboxylic acids is 1. The molecule has 0 bridgehead atoms. The fourth-order valence-electron chi connectivity index (χ4n) is 1.23. The number of aromatic hydroxyl groups is 1. The van der Waals surface area contributed by atoms with Crippen molar-refractivity contribution in [2.45, 2.75) is 13.0 Å². The van der Waals surface area contributed by atoms with Crippen LogP contribution in [0.15, 0.2) is 18.2 Å². The number of hydrogen-bond acceptors (Lipinski definition) is 4. The summed E-state index contributed by atoms with van der Waals surface area (Å²) in [4.78, 5) is 10.8. The van der Waals surface area contributed by atoms with Crippen LogP contribution in [0.1, 0.15) is 12.0 Å². The lowest BCUT2D eigenvalue weighted by molar-refractivity contribution is -0.140. The molecule has 4 nitrogen and oxygen atoms in total. The molecule has 5 heteroatoms. The van der Waals surface area contributed by atoms with E-state index in [4.69, 9.17) is 11.6 Å².